The zero-order valence-corrected chi connectivity index (χ0v) is 9.01. The molecule has 2 rings (SSSR count). The molecule has 80 valence electrons. The lowest BCUT2D eigenvalue weighted by Crippen LogP contribution is -2.13. The fraction of sp³-hybridized carbons (Fsp3) is 0.400. The fourth-order valence-electron chi connectivity index (χ4n) is 1.52. The first-order valence-electron chi connectivity index (χ1n) is 4.91. The van der Waals surface area contributed by atoms with Crippen LogP contribution in [-0.4, -0.2) is 26.1 Å². The third-order valence-corrected chi connectivity index (χ3v) is 2.39. The number of hydrogen-bond donors (Lipinski definition) is 1. The highest BCUT2D eigenvalue weighted by atomic mass is 15.1. The SMILES string of the molecule is CNCc1nccn1Cc1cncn1C. The first kappa shape index (κ1) is 9.92. The molecule has 5 nitrogen and oxygen atoms in total. The molecule has 0 saturated carbocycles. The van der Waals surface area contributed by atoms with Crippen LogP contribution in [0, 0.1) is 0 Å². The second-order valence-electron chi connectivity index (χ2n) is 3.50. The van der Waals surface area contributed by atoms with Crippen molar-refractivity contribution in [2.75, 3.05) is 7.05 Å². The third kappa shape index (κ3) is 2.07. The van der Waals surface area contributed by atoms with Crippen molar-refractivity contribution in [1.82, 2.24) is 24.4 Å². The normalized spacial score (nSPS) is 10.8. The van der Waals surface area contributed by atoms with Crippen LogP contribution in [-0.2, 0) is 20.1 Å². The molecule has 2 heterocycles. The highest BCUT2D eigenvalue weighted by Crippen LogP contribution is 2.04. The van der Waals surface area contributed by atoms with Crippen molar-refractivity contribution >= 4 is 0 Å². The minimum absolute atomic E-state index is 0.783. The van der Waals surface area contributed by atoms with E-state index in [9.17, 15) is 0 Å². The molecular weight excluding hydrogens is 190 g/mol. The van der Waals surface area contributed by atoms with Crippen LogP contribution in [0.25, 0.3) is 0 Å². The van der Waals surface area contributed by atoms with Crippen LogP contribution < -0.4 is 5.32 Å². The van der Waals surface area contributed by atoms with Crippen molar-refractivity contribution in [2.24, 2.45) is 7.05 Å². The number of hydrogen-bond acceptors (Lipinski definition) is 3. The van der Waals surface area contributed by atoms with Gasteiger partial charge in [0, 0.05) is 25.6 Å². The third-order valence-electron chi connectivity index (χ3n) is 2.39. The molecule has 0 radical (unpaired) electrons. The summed E-state index contributed by atoms with van der Waals surface area (Å²) >= 11 is 0. The monoisotopic (exact) mass is 205 g/mol. The summed E-state index contributed by atoms with van der Waals surface area (Å²) in [4.78, 5) is 8.38. The van der Waals surface area contributed by atoms with E-state index in [-0.39, 0.29) is 0 Å². The zero-order chi connectivity index (χ0) is 10.7. The topological polar surface area (TPSA) is 47.7 Å². The molecule has 0 fully saturated rings. The van der Waals surface area contributed by atoms with Gasteiger partial charge in [-0.2, -0.15) is 0 Å². The van der Waals surface area contributed by atoms with E-state index < -0.39 is 0 Å². The van der Waals surface area contributed by atoms with Crippen LogP contribution >= 0.6 is 0 Å². The number of aromatic nitrogens is 4. The predicted octanol–water partition coefficient (Wildman–Crippen LogP) is 0.384. The molecule has 2 aromatic heterocycles. The van der Waals surface area contributed by atoms with Gasteiger partial charge >= 0.3 is 0 Å². The molecule has 0 spiro atoms. The van der Waals surface area contributed by atoms with Gasteiger partial charge in [-0.1, -0.05) is 0 Å². The van der Waals surface area contributed by atoms with E-state index in [0.29, 0.717) is 0 Å². The van der Waals surface area contributed by atoms with Crippen molar-refractivity contribution in [3.8, 4) is 0 Å². The van der Waals surface area contributed by atoms with E-state index in [0.717, 1.165) is 18.9 Å². The molecule has 0 amide bonds. The molecule has 0 aliphatic carbocycles. The van der Waals surface area contributed by atoms with E-state index in [1.54, 1.807) is 0 Å². The second-order valence-corrected chi connectivity index (χ2v) is 3.50. The van der Waals surface area contributed by atoms with Crippen LogP contribution in [0.3, 0.4) is 0 Å². The molecule has 2 aromatic rings. The molecular formula is C10H15N5. The summed E-state index contributed by atoms with van der Waals surface area (Å²) in [6.07, 6.45) is 7.50. The van der Waals surface area contributed by atoms with E-state index >= 15 is 0 Å². The number of aryl methyl sites for hydroxylation is 1. The van der Waals surface area contributed by atoms with Crippen LogP contribution in [0.2, 0.25) is 0 Å². The van der Waals surface area contributed by atoms with Gasteiger partial charge in [0.15, 0.2) is 0 Å². The molecule has 0 atom stereocenters. The Hall–Kier alpha value is -1.62. The number of rotatable bonds is 4. The Bertz CT molecular complexity index is 428. The summed E-state index contributed by atoms with van der Waals surface area (Å²) < 4.78 is 4.14. The lowest BCUT2D eigenvalue weighted by Gasteiger charge is -2.07. The van der Waals surface area contributed by atoms with E-state index in [1.807, 2.05) is 43.6 Å². The van der Waals surface area contributed by atoms with E-state index in [4.69, 9.17) is 0 Å². The molecule has 0 aliphatic heterocycles. The Labute approximate surface area is 88.8 Å². The quantitative estimate of drug-likeness (QED) is 0.785. The Morgan fingerprint density at radius 1 is 1.47 bits per heavy atom. The van der Waals surface area contributed by atoms with Crippen molar-refractivity contribution in [1.29, 1.82) is 0 Å². The first-order valence-corrected chi connectivity index (χ1v) is 4.91. The van der Waals surface area contributed by atoms with Gasteiger partial charge in [-0.25, -0.2) is 9.97 Å². The van der Waals surface area contributed by atoms with Crippen molar-refractivity contribution in [3.63, 3.8) is 0 Å². The van der Waals surface area contributed by atoms with E-state index in [2.05, 4.69) is 19.9 Å². The van der Waals surface area contributed by atoms with Gasteiger partial charge in [0.25, 0.3) is 0 Å². The standard InChI is InChI=1S/C10H15N5/c1-11-6-10-13-3-4-15(10)7-9-5-12-8-14(9)2/h3-5,8,11H,6-7H2,1-2H3. The molecule has 0 aliphatic rings. The lowest BCUT2D eigenvalue weighted by atomic mass is 10.4. The Balaban J connectivity index is 2.17. The first-order chi connectivity index (χ1) is 7.31. The van der Waals surface area contributed by atoms with Crippen molar-refractivity contribution in [2.45, 2.75) is 13.1 Å². The van der Waals surface area contributed by atoms with Gasteiger partial charge in [0.2, 0.25) is 0 Å². The molecule has 0 aromatic carbocycles. The molecule has 0 bridgehead atoms. The lowest BCUT2D eigenvalue weighted by molar-refractivity contribution is 0.649. The Morgan fingerprint density at radius 2 is 2.33 bits per heavy atom. The number of nitrogens with zero attached hydrogens (tertiary/aromatic N) is 4. The molecule has 1 N–H and O–H groups in total. The van der Waals surface area contributed by atoms with E-state index in [1.165, 1.54) is 5.69 Å². The Kier molecular flexibility index (Phi) is 2.82. The van der Waals surface area contributed by atoms with Gasteiger partial charge in [0.05, 0.1) is 25.1 Å². The number of nitrogens with one attached hydrogen (secondary N) is 1. The van der Waals surface area contributed by atoms with Gasteiger partial charge < -0.3 is 14.5 Å². The van der Waals surface area contributed by atoms with Gasteiger partial charge in [0.1, 0.15) is 5.82 Å². The summed E-state index contributed by atoms with van der Waals surface area (Å²) in [7, 11) is 3.92. The van der Waals surface area contributed by atoms with Crippen molar-refractivity contribution in [3.05, 3.63) is 36.4 Å². The zero-order valence-electron chi connectivity index (χ0n) is 9.01. The van der Waals surface area contributed by atoms with Crippen LogP contribution in [0.5, 0.6) is 0 Å². The summed E-state index contributed by atoms with van der Waals surface area (Å²) in [5.41, 5.74) is 1.17. The maximum Gasteiger partial charge on any atom is 0.122 e. The van der Waals surface area contributed by atoms with Crippen molar-refractivity contribution < 1.29 is 0 Å². The molecule has 0 saturated heterocycles. The fourth-order valence-corrected chi connectivity index (χ4v) is 1.52. The summed E-state index contributed by atoms with van der Waals surface area (Å²) in [6, 6.07) is 0. The Morgan fingerprint density at radius 3 is 3.00 bits per heavy atom. The van der Waals surface area contributed by atoms with Gasteiger partial charge in [-0.3, -0.25) is 0 Å². The average Bonchev–Trinajstić information content (AvgIpc) is 2.80. The largest absolute Gasteiger partial charge is 0.336 e. The average molecular weight is 205 g/mol. The maximum atomic E-state index is 4.29. The highest BCUT2D eigenvalue weighted by Gasteiger charge is 2.04. The van der Waals surface area contributed by atoms with Crippen LogP contribution in [0.4, 0.5) is 0 Å². The maximum absolute atomic E-state index is 4.29. The number of imidazole rings is 2. The summed E-state index contributed by atoms with van der Waals surface area (Å²) in [5, 5.41) is 3.10. The minimum atomic E-state index is 0.783. The predicted molar refractivity (Wildman–Crippen MR) is 57.3 cm³/mol. The summed E-state index contributed by atoms with van der Waals surface area (Å²) in [6.45, 7) is 1.60. The highest BCUT2D eigenvalue weighted by molar-refractivity contribution is 5.02. The second kappa shape index (κ2) is 4.27. The van der Waals surface area contributed by atoms with Gasteiger partial charge in [-0.15, -0.1) is 0 Å². The minimum Gasteiger partial charge on any atom is -0.336 e. The molecule has 5 heteroatoms. The summed E-state index contributed by atoms with van der Waals surface area (Å²) in [5.74, 6) is 1.04. The molecule has 15 heavy (non-hydrogen) atoms. The molecule has 0 unspecified atom stereocenters. The van der Waals surface area contributed by atoms with Crippen LogP contribution in [0.15, 0.2) is 24.9 Å². The smallest absolute Gasteiger partial charge is 0.122 e. The van der Waals surface area contributed by atoms with Gasteiger partial charge in [-0.05, 0) is 7.05 Å². The van der Waals surface area contributed by atoms with Crippen LogP contribution in [0.1, 0.15) is 11.5 Å².